The van der Waals surface area contributed by atoms with Crippen LogP contribution in [0.5, 0.6) is 5.75 Å². The molecule has 2 rings (SSSR count). The van der Waals surface area contributed by atoms with E-state index >= 15 is 0 Å². The Bertz CT molecular complexity index is 579. The highest BCUT2D eigenvalue weighted by Crippen LogP contribution is 2.20. The second-order valence-corrected chi connectivity index (χ2v) is 4.00. The van der Waals surface area contributed by atoms with Crippen LogP contribution in [0.4, 0.5) is 5.69 Å². The molecule has 1 aromatic carbocycles. The molecule has 0 atom stereocenters. The van der Waals surface area contributed by atoms with E-state index in [4.69, 9.17) is 0 Å². The lowest BCUT2D eigenvalue weighted by Crippen LogP contribution is -2.14. The summed E-state index contributed by atoms with van der Waals surface area (Å²) < 4.78 is 0. The van der Waals surface area contributed by atoms with Crippen LogP contribution < -0.4 is 5.32 Å². The number of carbonyl (C=O) groups is 1. The van der Waals surface area contributed by atoms with Gasteiger partial charge in [-0.1, -0.05) is 0 Å². The number of phenols is 1. The number of hydrogen-bond acceptors (Lipinski definition) is 4. The van der Waals surface area contributed by atoms with Gasteiger partial charge in [0.05, 0.1) is 11.9 Å². The van der Waals surface area contributed by atoms with Crippen LogP contribution in [0, 0.1) is 13.8 Å². The summed E-state index contributed by atoms with van der Waals surface area (Å²) in [5.74, 6) is -0.129. The molecular formula is C13H13N3O2. The van der Waals surface area contributed by atoms with E-state index in [0.717, 1.165) is 5.69 Å². The summed E-state index contributed by atoms with van der Waals surface area (Å²) in [6.07, 6.45) is 2.97. The first-order chi connectivity index (χ1) is 8.56. The van der Waals surface area contributed by atoms with Gasteiger partial charge in [-0.05, 0) is 37.6 Å². The molecule has 1 heterocycles. The minimum absolute atomic E-state index is 0.197. The number of aromatic nitrogens is 2. The summed E-state index contributed by atoms with van der Waals surface area (Å²) in [7, 11) is 0. The fraction of sp³-hybridized carbons (Fsp3) is 0.154. The molecule has 0 radical (unpaired) electrons. The topological polar surface area (TPSA) is 75.1 Å². The Hall–Kier alpha value is -2.43. The van der Waals surface area contributed by atoms with Crippen molar-refractivity contribution in [2.24, 2.45) is 0 Å². The van der Waals surface area contributed by atoms with E-state index < -0.39 is 0 Å². The van der Waals surface area contributed by atoms with E-state index in [9.17, 15) is 9.90 Å². The van der Waals surface area contributed by atoms with Gasteiger partial charge in [-0.15, -0.1) is 0 Å². The molecule has 1 aromatic heterocycles. The lowest BCUT2D eigenvalue weighted by Gasteiger charge is -2.06. The predicted octanol–water partition coefficient (Wildman–Crippen LogP) is 2.05. The molecule has 0 saturated carbocycles. The van der Waals surface area contributed by atoms with Gasteiger partial charge in [-0.2, -0.15) is 0 Å². The average Bonchev–Trinajstić information content (AvgIpc) is 2.34. The Morgan fingerprint density at radius 1 is 1.22 bits per heavy atom. The Morgan fingerprint density at radius 3 is 2.61 bits per heavy atom. The molecule has 18 heavy (non-hydrogen) atoms. The van der Waals surface area contributed by atoms with E-state index in [0.29, 0.717) is 11.3 Å². The second kappa shape index (κ2) is 4.83. The van der Waals surface area contributed by atoms with Crippen molar-refractivity contribution in [3.63, 3.8) is 0 Å². The molecule has 0 fully saturated rings. The molecule has 0 bridgehead atoms. The van der Waals surface area contributed by atoms with E-state index in [1.54, 1.807) is 26.0 Å². The third kappa shape index (κ3) is 2.63. The molecule has 92 valence electrons. The molecule has 0 aliphatic carbocycles. The maximum atomic E-state index is 11.8. The van der Waals surface area contributed by atoms with Crippen molar-refractivity contribution < 1.29 is 9.90 Å². The minimum Gasteiger partial charge on any atom is -0.508 e. The molecule has 2 aromatic rings. The van der Waals surface area contributed by atoms with Gasteiger partial charge in [-0.25, -0.2) is 4.98 Å². The number of anilines is 1. The van der Waals surface area contributed by atoms with Crippen molar-refractivity contribution >= 4 is 11.6 Å². The monoisotopic (exact) mass is 243 g/mol. The van der Waals surface area contributed by atoms with E-state index in [1.807, 2.05) is 0 Å². The maximum absolute atomic E-state index is 11.8. The third-order valence-corrected chi connectivity index (χ3v) is 2.47. The zero-order chi connectivity index (χ0) is 13.1. The fourth-order valence-electron chi connectivity index (χ4n) is 1.44. The van der Waals surface area contributed by atoms with E-state index in [2.05, 4.69) is 15.3 Å². The van der Waals surface area contributed by atoms with Crippen LogP contribution in [0.3, 0.4) is 0 Å². The molecule has 1 amide bonds. The number of amides is 1. The van der Waals surface area contributed by atoms with Gasteiger partial charge in [0.2, 0.25) is 0 Å². The lowest BCUT2D eigenvalue weighted by molar-refractivity contribution is 0.102. The molecule has 2 N–H and O–H groups in total. The molecule has 0 aliphatic rings. The first kappa shape index (κ1) is 12.0. The summed E-state index contributed by atoms with van der Waals surface area (Å²) >= 11 is 0. The fourth-order valence-corrected chi connectivity index (χ4v) is 1.44. The summed E-state index contributed by atoms with van der Waals surface area (Å²) in [5, 5.41) is 12.1. The van der Waals surface area contributed by atoms with Crippen molar-refractivity contribution in [1.29, 1.82) is 0 Å². The molecular weight excluding hydrogens is 230 g/mol. The third-order valence-electron chi connectivity index (χ3n) is 2.47. The van der Waals surface area contributed by atoms with E-state index in [1.165, 1.54) is 18.5 Å². The normalized spacial score (nSPS) is 10.1. The zero-order valence-electron chi connectivity index (χ0n) is 10.1. The molecule has 0 spiro atoms. The van der Waals surface area contributed by atoms with Crippen molar-refractivity contribution in [2.75, 3.05) is 5.32 Å². The van der Waals surface area contributed by atoms with Crippen LogP contribution >= 0.6 is 0 Å². The Balaban J connectivity index is 2.16. The summed E-state index contributed by atoms with van der Waals surface area (Å²) in [6.45, 7) is 3.56. The largest absolute Gasteiger partial charge is 0.508 e. The van der Waals surface area contributed by atoms with Gasteiger partial charge >= 0.3 is 0 Å². The standard InChI is InChI=1S/C13H13N3O2/c1-8-5-10(3-4-12(8)17)16-13(18)11-7-14-9(2)6-15-11/h3-7,17H,1-2H3,(H,16,18). The number of phenolic OH excluding ortho intramolecular Hbond substituents is 1. The van der Waals surface area contributed by atoms with Crippen LogP contribution in [0.15, 0.2) is 30.6 Å². The first-order valence-electron chi connectivity index (χ1n) is 5.46. The highest BCUT2D eigenvalue weighted by atomic mass is 16.3. The number of nitrogens with zero attached hydrogens (tertiary/aromatic N) is 2. The zero-order valence-corrected chi connectivity index (χ0v) is 10.1. The first-order valence-corrected chi connectivity index (χ1v) is 5.46. The number of aryl methyl sites for hydroxylation is 2. The van der Waals surface area contributed by atoms with Crippen molar-refractivity contribution in [2.45, 2.75) is 13.8 Å². The summed E-state index contributed by atoms with van der Waals surface area (Å²) in [5.41, 5.74) is 2.32. The smallest absolute Gasteiger partial charge is 0.275 e. The van der Waals surface area contributed by atoms with Gasteiger partial charge in [0.25, 0.3) is 5.91 Å². The average molecular weight is 243 g/mol. The molecule has 0 saturated heterocycles. The molecule has 5 heteroatoms. The Kier molecular flexibility index (Phi) is 3.23. The number of aromatic hydroxyl groups is 1. The lowest BCUT2D eigenvalue weighted by atomic mass is 10.2. The van der Waals surface area contributed by atoms with Crippen molar-refractivity contribution in [1.82, 2.24) is 9.97 Å². The van der Waals surface area contributed by atoms with Crippen LogP contribution in [0.25, 0.3) is 0 Å². The molecule has 0 aliphatic heterocycles. The highest BCUT2D eigenvalue weighted by Gasteiger charge is 2.08. The molecule has 0 unspecified atom stereocenters. The quantitative estimate of drug-likeness (QED) is 0.791. The van der Waals surface area contributed by atoms with Crippen LogP contribution in [-0.2, 0) is 0 Å². The molecule has 5 nitrogen and oxygen atoms in total. The minimum atomic E-state index is -0.326. The SMILES string of the molecule is Cc1cnc(C(=O)Nc2ccc(O)c(C)c2)cn1. The maximum Gasteiger partial charge on any atom is 0.275 e. The number of benzene rings is 1. The van der Waals surface area contributed by atoms with Gasteiger partial charge in [0.1, 0.15) is 11.4 Å². The van der Waals surface area contributed by atoms with Gasteiger partial charge in [0.15, 0.2) is 0 Å². The Labute approximate surface area is 105 Å². The van der Waals surface area contributed by atoms with E-state index in [-0.39, 0.29) is 17.4 Å². The second-order valence-electron chi connectivity index (χ2n) is 4.00. The van der Waals surface area contributed by atoms with Crippen molar-refractivity contribution in [3.8, 4) is 5.75 Å². The van der Waals surface area contributed by atoms with Gasteiger partial charge in [-0.3, -0.25) is 9.78 Å². The van der Waals surface area contributed by atoms with Crippen LogP contribution in [0.2, 0.25) is 0 Å². The number of hydrogen-bond donors (Lipinski definition) is 2. The number of nitrogens with one attached hydrogen (secondary N) is 1. The van der Waals surface area contributed by atoms with Crippen molar-refractivity contribution in [3.05, 3.63) is 47.5 Å². The van der Waals surface area contributed by atoms with Gasteiger partial charge in [0, 0.05) is 11.9 Å². The van der Waals surface area contributed by atoms with Crippen LogP contribution in [0.1, 0.15) is 21.7 Å². The number of rotatable bonds is 2. The summed E-state index contributed by atoms with van der Waals surface area (Å²) in [4.78, 5) is 19.8. The Morgan fingerprint density at radius 2 is 2.00 bits per heavy atom. The van der Waals surface area contributed by atoms with Gasteiger partial charge < -0.3 is 10.4 Å². The summed E-state index contributed by atoms with van der Waals surface area (Å²) in [6, 6.07) is 4.85. The predicted molar refractivity (Wildman–Crippen MR) is 67.6 cm³/mol. The highest BCUT2D eigenvalue weighted by molar-refractivity contribution is 6.02. The number of carbonyl (C=O) groups excluding carboxylic acids is 1. The van der Waals surface area contributed by atoms with Crippen LogP contribution in [-0.4, -0.2) is 21.0 Å².